The number of hydrogen-bond donors (Lipinski definition) is 1. The van der Waals surface area contributed by atoms with Crippen molar-refractivity contribution in [3.05, 3.63) is 29.8 Å². The highest BCUT2D eigenvalue weighted by molar-refractivity contribution is 5.86. The fourth-order valence-electron chi connectivity index (χ4n) is 1.14. The van der Waals surface area contributed by atoms with E-state index in [1.54, 1.807) is 12.1 Å². The molecule has 0 radical (unpaired) electrons. The highest BCUT2D eigenvalue weighted by Crippen LogP contribution is 2.12. The van der Waals surface area contributed by atoms with Crippen LogP contribution in [0.3, 0.4) is 0 Å². The van der Waals surface area contributed by atoms with Crippen LogP contribution in [0.5, 0.6) is 0 Å². The molecule has 1 atom stereocenters. The minimum Gasteiger partial charge on any atom is -0.545 e. The molecule has 1 N–H and O–H groups in total. The average Bonchev–Trinajstić information content (AvgIpc) is 2.99. The van der Waals surface area contributed by atoms with E-state index in [2.05, 4.69) is 5.32 Å². The van der Waals surface area contributed by atoms with E-state index < -0.39 is 5.97 Å². The summed E-state index contributed by atoms with van der Waals surface area (Å²) in [5.74, 6) is -1.15. The fourth-order valence-corrected chi connectivity index (χ4v) is 1.14. The Hall–Kier alpha value is -1.55. The Morgan fingerprint density at radius 3 is 2.64 bits per heavy atom. The molecule has 1 aliphatic heterocycles. The van der Waals surface area contributed by atoms with Gasteiger partial charge in [-0.25, -0.2) is 0 Å². The molecule has 14 heavy (non-hydrogen) atoms. The second-order valence-electron chi connectivity index (χ2n) is 3.20. The van der Waals surface area contributed by atoms with Crippen molar-refractivity contribution in [1.29, 1.82) is 0 Å². The zero-order chi connectivity index (χ0) is 9.97. The van der Waals surface area contributed by atoms with Gasteiger partial charge in [-0.15, -0.1) is 0 Å². The van der Waals surface area contributed by atoms with E-state index >= 15 is 0 Å². The van der Waals surface area contributed by atoms with Crippen LogP contribution < -0.4 is 10.4 Å². The van der Waals surface area contributed by atoms with Crippen molar-refractivity contribution >= 4 is 11.7 Å². The molecule has 1 saturated heterocycles. The lowest BCUT2D eigenvalue weighted by atomic mass is 10.2. The summed E-state index contributed by atoms with van der Waals surface area (Å²) in [6.07, 6.45) is 0.316. The first-order chi connectivity index (χ1) is 6.75. The first-order valence-electron chi connectivity index (χ1n) is 4.42. The molecule has 0 spiro atoms. The van der Waals surface area contributed by atoms with Gasteiger partial charge >= 0.3 is 0 Å². The quantitative estimate of drug-likeness (QED) is 0.674. The van der Waals surface area contributed by atoms with Gasteiger partial charge < -0.3 is 20.0 Å². The minimum atomic E-state index is -1.15. The number of carbonyl (C=O) groups excluding carboxylic acids is 1. The van der Waals surface area contributed by atoms with Crippen LogP contribution in [0.25, 0.3) is 0 Å². The molecule has 1 aromatic carbocycles. The number of benzene rings is 1. The van der Waals surface area contributed by atoms with Crippen LogP contribution in [0, 0.1) is 0 Å². The third-order valence-corrected chi connectivity index (χ3v) is 2.06. The summed E-state index contributed by atoms with van der Waals surface area (Å²) in [4.78, 5) is 10.4. The van der Waals surface area contributed by atoms with E-state index in [1.807, 2.05) is 0 Å². The smallest absolute Gasteiger partial charge is 0.0981 e. The Bertz CT molecular complexity index is 330. The van der Waals surface area contributed by atoms with E-state index in [-0.39, 0.29) is 5.56 Å². The van der Waals surface area contributed by atoms with Crippen LogP contribution in [0.15, 0.2) is 24.3 Å². The van der Waals surface area contributed by atoms with Gasteiger partial charge in [-0.1, -0.05) is 12.1 Å². The molecule has 74 valence electrons. The van der Waals surface area contributed by atoms with Crippen molar-refractivity contribution in [3.8, 4) is 0 Å². The normalized spacial score (nSPS) is 19.0. The van der Waals surface area contributed by atoms with Crippen LogP contribution in [-0.4, -0.2) is 25.2 Å². The molecule has 0 saturated carbocycles. The number of rotatable bonds is 4. The number of ether oxygens (including phenoxy) is 1. The van der Waals surface area contributed by atoms with Crippen molar-refractivity contribution in [1.82, 2.24) is 0 Å². The van der Waals surface area contributed by atoms with Gasteiger partial charge in [-0.3, -0.25) is 0 Å². The maximum absolute atomic E-state index is 10.4. The number of carboxylic acid groups (broad SMARTS) is 1. The summed E-state index contributed by atoms with van der Waals surface area (Å²) >= 11 is 0. The minimum absolute atomic E-state index is 0.193. The van der Waals surface area contributed by atoms with Crippen molar-refractivity contribution in [2.45, 2.75) is 6.10 Å². The molecule has 0 bridgehead atoms. The molecule has 1 aliphatic rings. The summed E-state index contributed by atoms with van der Waals surface area (Å²) in [7, 11) is 0. The fraction of sp³-hybridized carbons (Fsp3) is 0.300. The van der Waals surface area contributed by atoms with E-state index in [4.69, 9.17) is 4.74 Å². The molecule has 4 heteroatoms. The number of epoxide rings is 1. The van der Waals surface area contributed by atoms with Gasteiger partial charge in [0, 0.05) is 12.2 Å². The Morgan fingerprint density at radius 2 is 2.14 bits per heavy atom. The number of carbonyl (C=O) groups is 1. The predicted molar refractivity (Wildman–Crippen MR) is 49.0 cm³/mol. The number of anilines is 1. The molecule has 1 heterocycles. The van der Waals surface area contributed by atoms with Crippen LogP contribution in [0.1, 0.15) is 10.4 Å². The highest BCUT2D eigenvalue weighted by atomic mass is 16.6. The monoisotopic (exact) mass is 192 g/mol. The molecule has 0 amide bonds. The second-order valence-corrected chi connectivity index (χ2v) is 3.20. The number of nitrogens with one attached hydrogen (secondary N) is 1. The number of aromatic carboxylic acids is 1. The van der Waals surface area contributed by atoms with Crippen LogP contribution >= 0.6 is 0 Å². The molecule has 1 aromatic rings. The third-order valence-electron chi connectivity index (χ3n) is 2.06. The van der Waals surface area contributed by atoms with Gasteiger partial charge in [0.15, 0.2) is 0 Å². The molecule has 0 aliphatic carbocycles. The molecule has 0 aromatic heterocycles. The van der Waals surface area contributed by atoms with Crippen molar-refractivity contribution in [2.24, 2.45) is 0 Å². The maximum Gasteiger partial charge on any atom is 0.0981 e. The topological polar surface area (TPSA) is 64.7 Å². The van der Waals surface area contributed by atoms with E-state index in [0.29, 0.717) is 6.10 Å². The summed E-state index contributed by atoms with van der Waals surface area (Å²) in [5.41, 5.74) is 1.09. The van der Waals surface area contributed by atoms with Gasteiger partial charge in [-0.05, 0) is 17.7 Å². The Labute approximate surface area is 81.5 Å². The first kappa shape index (κ1) is 9.02. The zero-order valence-electron chi connectivity index (χ0n) is 7.53. The summed E-state index contributed by atoms with van der Waals surface area (Å²) < 4.78 is 5.03. The van der Waals surface area contributed by atoms with Crippen LogP contribution in [0.4, 0.5) is 5.69 Å². The van der Waals surface area contributed by atoms with Crippen LogP contribution in [-0.2, 0) is 4.74 Å². The Morgan fingerprint density at radius 1 is 1.50 bits per heavy atom. The molecular weight excluding hydrogens is 182 g/mol. The average molecular weight is 192 g/mol. The van der Waals surface area contributed by atoms with Gasteiger partial charge in [0.1, 0.15) is 0 Å². The Balaban J connectivity index is 1.94. The Kier molecular flexibility index (Phi) is 2.37. The third kappa shape index (κ3) is 2.23. The number of hydrogen-bond acceptors (Lipinski definition) is 4. The highest BCUT2D eigenvalue weighted by Gasteiger charge is 2.21. The molecule has 4 nitrogen and oxygen atoms in total. The summed E-state index contributed by atoms with van der Waals surface area (Å²) in [5, 5.41) is 13.6. The van der Waals surface area contributed by atoms with Gasteiger partial charge in [0.2, 0.25) is 0 Å². The standard InChI is InChI=1S/C10H11NO3/c12-10(13)7-1-3-8(4-2-7)11-5-9-6-14-9/h1-4,9,11H,5-6H2,(H,12,13)/p-1. The van der Waals surface area contributed by atoms with E-state index in [9.17, 15) is 9.90 Å². The summed E-state index contributed by atoms with van der Waals surface area (Å²) in [6.45, 7) is 1.58. The van der Waals surface area contributed by atoms with Gasteiger partial charge in [-0.2, -0.15) is 0 Å². The van der Waals surface area contributed by atoms with Gasteiger partial charge in [0.05, 0.1) is 18.7 Å². The zero-order valence-corrected chi connectivity index (χ0v) is 7.53. The predicted octanol–water partition coefficient (Wildman–Crippen LogP) is -0.139. The lowest BCUT2D eigenvalue weighted by Crippen LogP contribution is -2.22. The van der Waals surface area contributed by atoms with Gasteiger partial charge in [0.25, 0.3) is 0 Å². The first-order valence-corrected chi connectivity index (χ1v) is 4.42. The maximum atomic E-state index is 10.4. The molecule has 2 rings (SSSR count). The molecular formula is C10H10NO3-. The molecule has 1 unspecified atom stereocenters. The summed E-state index contributed by atoms with van der Waals surface area (Å²) in [6, 6.07) is 6.47. The van der Waals surface area contributed by atoms with E-state index in [1.165, 1.54) is 12.1 Å². The van der Waals surface area contributed by atoms with Crippen molar-refractivity contribution < 1.29 is 14.6 Å². The van der Waals surface area contributed by atoms with Crippen molar-refractivity contribution in [3.63, 3.8) is 0 Å². The lowest BCUT2D eigenvalue weighted by molar-refractivity contribution is -0.255. The second kappa shape index (κ2) is 3.67. The van der Waals surface area contributed by atoms with E-state index in [0.717, 1.165) is 18.8 Å². The SMILES string of the molecule is O=C([O-])c1ccc(NCC2CO2)cc1. The van der Waals surface area contributed by atoms with Crippen LogP contribution in [0.2, 0.25) is 0 Å². The number of carboxylic acids is 1. The largest absolute Gasteiger partial charge is 0.545 e. The van der Waals surface area contributed by atoms with Crippen molar-refractivity contribution in [2.75, 3.05) is 18.5 Å². The molecule has 1 fully saturated rings. The lowest BCUT2D eigenvalue weighted by Gasteiger charge is -2.06.